The number of carbonyl (C=O) groups excluding carboxylic acids is 1. The number of benzene rings is 3. The van der Waals surface area contributed by atoms with Gasteiger partial charge in [0.2, 0.25) is 0 Å². The highest BCUT2D eigenvalue weighted by atomic mass is 35.5. The number of fused-ring (bicyclic) bond motifs is 4. The van der Waals surface area contributed by atoms with Crippen molar-refractivity contribution in [3.63, 3.8) is 0 Å². The maximum Gasteiger partial charge on any atom is 0.258 e. The van der Waals surface area contributed by atoms with Crippen molar-refractivity contribution < 1.29 is 19.0 Å². The van der Waals surface area contributed by atoms with Crippen LogP contribution in [0.5, 0.6) is 5.75 Å². The molecule has 0 fully saturated rings. The molecule has 0 saturated carbocycles. The number of nitrogens with zero attached hydrogens (tertiary/aromatic N) is 2. The molecule has 5 rings (SSSR count). The Labute approximate surface area is 294 Å². The molecular weight excluding hydrogens is 648 g/mol. The second-order valence-electron chi connectivity index (χ2n) is 13.1. The van der Waals surface area contributed by atoms with E-state index in [1.54, 1.807) is 10.8 Å². The zero-order valence-corrected chi connectivity index (χ0v) is 30.9. The zero-order chi connectivity index (χ0) is 33.4. The molecule has 2 aliphatic heterocycles. The van der Waals surface area contributed by atoms with Crippen LogP contribution in [0.4, 0.5) is 11.4 Å². The minimum absolute atomic E-state index is 0.0326. The van der Waals surface area contributed by atoms with Gasteiger partial charge in [-0.1, -0.05) is 52.8 Å². The molecule has 0 spiro atoms. The van der Waals surface area contributed by atoms with Crippen LogP contribution in [0, 0.1) is 6.92 Å². The Morgan fingerprint density at radius 2 is 1.77 bits per heavy atom. The number of anilines is 2. The minimum atomic E-state index is 0.0326. The summed E-state index contributed by atoms with van der Waals surface area (Å²) in [5.74, 6) is 1.34. The number of hydrogen-bond acceptors (Lipinski definition) is 7. The lowest BCUT2D eigenvalue weighted by Crippen LogP contribution is -2.38. The van der Waals surface area contributed by atoms with Crippen LogP contribution in [0.25, 0.3) is 0 Å². The monoisotopic (exact) mass is 696 g/mol. The number of amides is 1. The molecule has 0 saturated heterocycles. The van der Waals surface area contributed by atoms with Gasteiger partial charge in [-0.2, -0.15) is 0 Å². The van der Waals surface area contributed by atoms with Gasteiger partial charge in [0, 0.05) is 53.3 Å². The third-order valence-corrected chi connectivity index (χ3v) is 11.6. The molecule has 1 amide bonds. The molecule has 0 radical (unpaired) electrons. The van der Waals surface area contributed by atoms with Gasteiger partial charge < -0.3 is 24.0 Å². The molecule has 6 nitrogen and oxygen atoms in total. The number of aryl methyl sites for hydroxylation is 2. The van der Waals surface area contributed by atoms with Gasteiger partial charge in [0.15, 0.2) is 0 Å². The fourth-order valence-electron chi connectivity index (χ4n) is 6.61. The largest absolute Gasteiger partial charge is 0.489 e. The Morgan fingerprint density at radius 1 is 1.00 bits per heavy atom. The third kappa shape index (κ3) is 9.21. The second-order valence-corrected chi connectivity index (χ2v) is 16.4. The Morgan fingerprint density at radius 3 is 2.53 bits per heavy atom. The fourth-order valence-corrected chi connectivity index (χ4v) is 8.94. The number of carbonyl (C=O) groups is 1. The van der Waals surface area contributed by atoms with Gasteiger partial charge >= 0.3 is 0 Å². The maximum absolute atomic E-state index is 13.8. The molecule has 0 aliphatic carbocycles. The standard InChI is InChI=1S/C38H49ClN2O4S2/c1-6-14-43-16-17-44-15-13-40(26-38(3,4)47-46-5)33-20-28(24-39)19-29(21-33)25-45-36-23-30-11-12-32-22-31-9-7-8-10-35(31)41(32)37(42)34(30)18-27(36)2/h7-10,18-21,23,32H,6,11-17,22,24-26H2,1-5H3/t32-/m1/s1. The summed E-state index contributed by atoms with van der Waals surface area (Å²) >= 11 is 6.43. The quantitative estimate of drug-likeness (QED) is 0.0794. The van der Waals surface area contributed by atoms with Crippen molar-refractivity contribution in [2.24, 2.45) is 0 Å². The highest BCUT2D eigenvalue weighted by Crippen LogP contribution is 2.39. The Balaban J connectivity index is 1.32. The van der Waals surface area contributed by atoms with Gasteiger partial charge in [0.1, 0.15) is 12.4 Å². The Hall–Kier alpha value is -2.36. The molecule has 3 aromatic rings. The summed E-state index contributed by atoms with van der Waals surface area (Å²) in [5.41, 5.74) is 8.39. The predicted octanol–water partition coefficient (Wildman–Crippen LogP) is 8.87. The lowest BCUT2D eigenvalue weighted by Gasteiger charge is -2.34. The van der Waals surface area contributed by atoms with Crippen molar-refractivity contribution in [3.8, 4) is 5.75 Å². The average Bonchev–Trinajstić information content (AvgIpc) is 3.38. The molecule has 0 unspecified atom stereocenters. The predicted molar refractivity (Wildman–Crippen MR) is 200 cm³/mol. The van der Waals surface area contributed by atoms with Gasteiger partial charge in [-0.25, -0.2) is 0 Å². The molecule has 1 atom stereocenters. The molecule has 0 aromatic heterocycles. The van der Waals surface area contributed by atoms with Crippen molar-refractivity contribution in [2.75, 3.05) is 55.6 Å². The summed E-state index contributed by atoms with van der Waals surface area (Å²) in [6, 6.07) is 19.2. The Kier molecular flexibility index (Phi) is 12.9. The summed E-state index contributed by atoms with van der Waals surface area (Å²) in [4.78, 5) is 18.3. The number of alkyl halides is 1. The third-order valence-electron chi connectivity index (χ3n) is 8.73. The van der Waals surface area contributed by atoms with E-state index in [-0.39, 0.29) is 16.7 Å². The van der Waals surface area contributed by atoms with E-state index in [0.717, 1.165) is 90.3 Å². The van der Waals surface area contributed by atoms with Crippen molar-refractivity contribution in [1.29, 1.82) is 0 Å². The van der Waals surface area contributed by atoms with Gasteiger partial charge in [-0.3, -0.25) is 4.79 Å². The summed E-state index contributed by atoms with van der Waals surface area (Å²) in [6.45, 7) is 13.3. The van der Waals surface area contributed by atoms with Crippen molar-refractivity contribution in [1.82, 2.24) is 0 Å². The van der Waals surface area contributed by atoms with Crippen LogP contribution in [0.3, 0.4) is 0 Å². The van der Waals surface area contributed by atoms with E-state index >= 15 is 0 Å². The van der Waals surface area contributed by atoms with E-state index in [2.05, 4.69) is 74.4 Å². The van der Waals surface area contributed by atoms with E-state index in [1.807, 2.05) is 34.8 Å². The van der Waals surface area contributed by atoms with Crippen molar-refractivity contribution in [2.45, 2.75) is 76.7 Å². The molecule has 0 bridgehead atoms. The van der Waals surface area contributed by atoms with Gasteiger partial charge in [0.05, 0.1) is 19.8 Å². The van der Waals surface area contributed by atoms with Gasteiger partial charge in [-0.15, -0.1) is 11.6 Å². The van der Waals surface area contributed by atoms with E-state index in [0.29, 0.717) is 32.3 Å². The van der Waals surface area contributed by atoms with E-state index in [9.17, 15) is 4.79 Å². The fraction of sp³-hybridized carbons (Fsp3) is 0.500. The van der Waals surface area contributed by atoms with Crippen molar-refractivity contribution in [3.05, 3.63) is 88.0 Å². The summed E-state index contributed by atoms with van der Waals surface area (Å²) < 4.78 is 18.1. The van der Waals surface area contributed by atoms with E-state index < -0.39 is 0 Å². The molecule has 2 heterocycles. The normalized spacial score (nSPS) is 15.7. The Bertz CT molecular complexity index is 1520. The lowest BCUT2D eigenvalue weighted by atomic mass is 9.98. The van der Waals surface area contributed by atoms with Crippen LogP contribution in [0.1, 0.15) is 71.8 Å². The van der Waals surface area contributed by atoms with E-state index in [4.69, 9.17) is 25.8 Å². The average molecular weight is 697 g/mol. The first-order valence-corrected chi connectivity index (χ1v) is 19.8. The summed E-state index contributed by atoms with van der Waals surface area (Å²) in [5, 5.41) is 0. The van der Waals surface area contributed by atoms with Gasteiger partial charge in [-0.05, 0) is 111 Å². The smallest absolute Gasteiger partial charge is 0.258 e. The highest BCUT2D eigenvalue weighted by molar-refractivity contribution is 8.77. The first-order chi connectivity index (χ1) is 22.7. The van der Waals surface area contributed by atoms with Crippen LogP contribution in [0.15, 0.2) is 54.6 Å². The van der Waals surface area contributed by atoms with Crippen molar-refractivity contribution >= 4 is 50.5 Å². The first kappa shape index (κ1) is 35.9. The number of rotatable bonds is 17. The SMILES string of the molecule is CCCOCCOCCN(CC(C)(C)SSC)c1cc(CCl)cc(COc2cc3c(cc2C)C(=O)N2c4ccccc4C[C@H]2CC3)c1. The highest BCUT2D eigenvalue weighted by Gasteiger charge is 2.37. The lowest BCUT2D eigenvalue weighted by molar-refractivity contribution is 0.0505. The number of hydrogen-bond donors (Lipinski definition) is 0. The summed E-state index contributed by atoms with van der Waals surface area (Å²) in [6.07, 6.45) is 5.85. The number of ether oxygens (including phenoxy) is 3. The van der Waals surface area contributed by atoms with Crippen LogP contribution in [-0.2, 0) is 34.8 Å². The number of para-hydroxylation sites is 1. The molecule has 9 heteroatoms. The number of halogens is 1. The molecule has 2 aliphatic rings. The van der Waals surface area contributed by atoms with Crippen LogP contribution in [-0.4, -0.2) is 62.5 Å². The zero-order valence-electron chi connectivity index (χ0n) is 28.5. The summed E-state index contributed by atoms with van der Waals surface area (Å²) in [7, 11) is 3.68. The second kappa shape index (κ2) is 16.8. The molecule has 0 N–H and O–H groups in total. The molecule has 47 heavy (non-hydrogen) atoms. The topological polar surface area (TPSA) is 51.2 Å². The maximum atomic E-state index is 13.8. The van der Waals surface area contributed by atoms with Crippen LogP contribution >= 0.6 is 33.2 Å². The van der Waals surface area contributed by atoms with Crippen LogP contribution < -0.4 is 14.5 Å². The van der Waals surface area contributed by atoms with E-state index in [1.165, 1.54) is 5.56 Å². The minimum Gasteiger partial charge on any atom is -0.489 e. The molecular formula is C38H49ClN2O4S2. The first-order valence-electron chi connectivity index (χ1n) is 16.7. The van der Waals surface area contributed by atoms with Gasteiger partial charge in [0.25, 0.3) is 5.91 Å². The van der Waals surface area contributed by atoms with Crippen LogP contribution in [0.2, 0.25) is 0 Å². The molecule has 3 aromatic carbocycles. The molecule has 254 valence electrons.